The van der Waals surface area contributed by atoms with Crippen LogP contribution in [0.1, 0.15) is 39.0 Å². The molecule has 1 rings (SSSR count). The van der Waals surface area contributed by atoms with Crippen LogP contribution < -0.4 is 5.32 Å². The zero-order valence-corrected chi connectivity index (χ0v) is 9.84. The first-order valence-corrected chi connectivity index (χ1v) is 6.20. The van der Waals surface area contributed by atoms with Gasteiger partial charge in [-0.05, 0) is 45.3 Å². The van der Waals surface area contributed by atoms with Crippen molar-refractivity contribution >= 4 is 0 Å². The van der Waals surface area contributed by atoms with Crippen molar-refractivity contribution in [2.24, 2.45) is 0 Å². The lowest BCUT2D eigenvalue weighted by Crippen LogP contribution is -2.38. The van der Waals surface area contributed by atoms with Crippen LogP contribution in [-0.2, 0) is 0 Å². The van der Waals surface area contributed by atoms with Gasteiger partial charge in [-0.15, -0.1) is 0 Å². The topological polar surface area (TPSA) is 39.1 Å². The van der Waals surface area contributed by atoms with Gasteiger partial charge in [0.15, 0.2) is 0 Å². The van der Waals surface area contributed by atoms with Crippen molar-refractivity contribution in [3.05, 3.63) is 0 Å². The lowest BCUT2D eigenvalue weighted by molar-refractivity contribution is 0.260. The van der Waals surface area contributed by atoms with Gasteiger partial charge in [-0.2, -0.15) is 5.26 Å². The average Bonchev–Trinajstić information content (AvgIpc) is 2.70. The molecule has 3 heteroatoms. The number of nitrogens with one attached hydrogen (secondary N) is 1. The average molecular weight is 209 g/mol. The molecule has 86 valence electrons. The molecule has 3 nitrogen and oxygen atoms in total. The van der Waals surface area contributed by atoms with Crippen molar-refractivity contribution < 1.29 is 0 Å². The third-order valence-corrected chi connectivity index (χ3v) is 3.18. The highest BCUT2D eigenvalue weighted by Gasteiger charge is 2.21. The molecule has 0 aromatic rings. The van der Waals surface area contributed by atoms with Crippen molar-refractivity contribution in [3.8, 4) is 6.07 Å². The first-order chi connectivity index (χ1) is 7.38. The molecule has 0 amide bonds. The third kappa shape index (κ3) is 4.63. The molecule has 15 heavy (non-hydrogen) atoms. The molecule has 1 heterocycles. The number of unbranched alkanes of at least 4 members (excludes halogenated alkanes) is 2. The minimum absolute atomic E-state index is 0.701. The summed E-state index contributed by atoms with van der Waals surface area (Å²) in [4.78, 5) is 2.56. The van der Waals surface area contributed by atoms with Gasteiger partial charge >= 0.3 is 0 Å². The van der Waals surface area contributed by atoms with Crippen molar-refractivity contribution in [1.29, 1.82) is 5.26 Å². The van der Waals surface area contributed by atoms with E-state index in [0.29, 0.717) is 6.42 Å². The molecular weight excluding hydrogens is 186 g/mol. The van der Waals surface area contributed by atoms with Crippen LogP contribution in [-0.4, -0.2) is 37.1 Å². The highest BCUT2D eigenvalue weighted by atomic mass is 15.2. The fraction of sp³-hybridized carbons (Fsp3) is 0.917. The standard InChI is InChI=1S/C12H23N3/c1-2-15-10-6-7-12(15)11-14-9-5-3-4-8-13/h12,14H,2-7,9-11H2,1H3. The van der Waals surface area contributed by atoms with E-state index < -0.39 is 0 Å². The van der Waals surface area contributed by atoms with E-state index in [-0.39, 0.29) is 0 Å². The molecule has 0 bridgehead atoms. The van der Waals surface area contributed by atoms with Gasteiger partial charge in [0.1, 0.15) is 0 Å². The Hall–Kier alpha value is -0.590. The van der Waals surface area contributed by atoms with Crippen molar-refractivity contribution in [2.75, 3.05) is 26.2 Å². The van der Waals surface area contributed by atoms with Crippen LogP contribution in [0.25, 0.3) is 0 Å². The second-order valence-electron chi connectivity index (χ2n) is 4.24. The summed E-state index contributed by atoms with van der Waals surface area (Å²) in [5.41, 5.74) is 0. The lowest BCUT2D eigenvalue weighted by Gasteiger charge is -2.22. The molecule has 0 saturated carbocycles. The molecule has 1 saturated heterocycles. The Balaban J connectivity index is 1.97. The minimum atomic E-state index is 0.701. The van der Waals surface area contributed by atoms with Gasteiger partial charge in [-0.25, -0.2) is 0 Å². The smallest absolute Gasteiger partial charge is 0.0621 e. The SMILES string of the molecule is CCN1CCCC1CNCCCCC#N. The van der Waals surface area contributed by atoms with Gasteiger partial charge in [-0.3, -0.25) is 4.90 Å². The van der Waals surface area contributed by atoms with E-state index in [1.165, 1.54) is 25.9 Å². The number of nitriles is 1. The van der Waals surface area contributed by atoms with Crippen LogP contribution in [0.4, 0.5) is 0 Å². The molecule has 1 aliphatic rings. The number of likely N-dealkylation sites (tertiary alicyclic amines) is 1. The molecule has 1 N–H and O–H groups in total. The predicted octanol–water partition coefficient (Wildman–Crippen LogP) is 1.75. The maximum absolute atomic E-state index is 8.38. The summed E-state index contributed by atoms with van der Waals surface area (Å²) in [6.07, 6.45) is 5.57. The Morgan fingerprint density at radius 1 is 1.47 bits per heavy atom. The first kappa shape index (κ1) is 12.5. The van der Waals surface area contributed by atoms with Gasteiger partial charge in [0.2, 0.25) is 0 Å². The number of likely N-dealkylation sites (N-methyl/N-ethyl adjacent to an activating group) is 1. The first-order valence-electron chi connectivity index (χ1n) is 6.20. The Morgan fingerprint density at radius 2 is 2.33 bits per heavy atom. The zero-order chi connectivity index (χ0) is 10.9. The highest BCUT2D eigenvalue weighted by Crippen LogP contribution is 2.15. The van der Waals surface area contributed by atoms with E-state index in [0.717, 1.165) is 32.0 Å². The number of hydrogen-bond acceptors (Lipinski definition) is 3. The van der Waals surface area contributed by atoms with E-state index in [1.807, 2.05) is 0 Å². The zero-order valence-electron chi connectivity index (χ0n) is 9.84. The molecule has 0 aromatic heterocycles. The molecule has 0 spiro atoms. The number of rotatable bonds is 7. The summed E-state index contributed by atoms with van der Waals surface area (Å²) in [6, 6.07) is 2.94. The van der Waals surface area contributed by atoms with Crippen molar-refractivity contribution in [3.63, 3.8) is 0 Å². The fourth-order valence-electron chi connectivity index (χ4n) is 2.27. The fourth-order valence-corrected chi connectivity index (χ4v) is 2.27. The largest absolute Gasteiger partial charge is 0.315 e. The summed E-state index contributed by atoms with van der Waals surface area (Å²) in [7, 11) is 0. The van der Waals surface area contributed by atoms with Crippen LogP contribution in [0.15, 0.2) is 0 Å². The minimum Gasteiger partial charge on any atom is -0.315 e. The monoisotopic (exact) mass is 209 g/mol. The van der Waals surface area contributed by atoms with Crippen LogP contribution in [0.2, 0.25) is 0 Å². The highest BCUT2D eigenvalue weighted by molar-refractivity contribution is 4.79. The molecule has 1 fully saturated rings. The summed E-state index contributed by atoms with van der Waals surface area (Å²) in [5.74, 6) is 0. The normalized spacial score (nSPS) is 21.7. The molecule has 1 atom stereocenters. The van der Waals surface area contributed by atoms with Crippen molar-refractivity contribution in [1.82, 2.24) is 10.2 Å². The van der Waals surface area contributed by atoms with Gasteiger partial charge in [0, 0.05) is 19.0 Å². The van der Waals surface area contributed by atoms with Crippen LogP contribution in [0.5, 0.6) is 0 Å². The van der Waals surface area contributed by atoms with Gasteiger partial charge in [0.25, 0.3) is 0 Å². The van der Waals surface area contributed by atoms with Gasteiger partial charge < -0.3 is 5.32 Å². The Kier molecular flexibility index (Phi) is 6.38. The van der Waals surface area contributed by atoms with E-state index in [1.54, 1.807) is 0 Å². The van der Waals surface area contributed by atoms with Crippen LogP contribution >= 0.6 is 0 Å². The Morgan fingerprint density at radius 3 is 3.07 bits per heavy atom. The molecule has 0 aromatic carbocycles. The van der Waals surface area contributed by atoms with E-state index >= 15 is 0 Å². The van der Waals surface area contributed by atoms with E-state index in [4.69, 9.17) is 5.26 Å². The second kappa shape index (κ2) is 7.67. The molecular formula is C12H23N3. The Bertz CT molecular complexity index is 198. The number of hydrogen-bond donors (Lipinski definition) is 1. The molecule has 1 unspecified atom stereocenters. The summed E-state index contributed by atoms with van der Waals surface area (Å²) in [5, 5.41) is 11.9. The third-order valence-electron chi connectivity index (χ3n) is 3.18. The lowest BCUT2D eigenvalue weighted by atomic mass is 10.2. The van der Waals surface area contributed by atoms with Crippen LogP contribution in [0.3, 0.4) is 0 Å². The summed E-state index contributed by atoms with van der Waals surface area (Å²) < 4.78 is 0. The van der Waals surface area contributed by atoms with Crippen LogP contribution in [0, 0.1) is 11.3 Å². The van der Waals surface area contributed by atoms with Crippen molar-refractivity contribution in [2.45, 2.75) is 45.1 Å². The predicted molar refractivity (Wildman–Crippen MR) is 62.6 cm³/mol. The summed E-state index contributed by atoms with van der Waals surface area (Å²) >= 11 is 0. The summed E-state index contributed by atoms with van der Waals surface area (Å²) in [6.45, 7) is 6.89. The maximum Gasteiger partial charge on any atom is 0.0621 e. The quantitative estimate of drug-likeness (QED) is 0.649. The van der Waals surface area contributed by atoms with E-state index in [9.17, 15) is 0 Å². The molecule has 0 aliphatic carbocycles. The maximum atomic E-state index is 8.38. The molecule has 1 aliphatic heterocycles. The van der Waals surface area contributed by atoms with Gasteiger partial charge in [0.05, 0.1) is 6.07 Å². The Labute approximate surface area is 93.5 Å². The van der Waals surface area contributed by atoms with Gasteiger partial charge in [-0.1, -0.05) is 6.92 Å². The van der Waals surface area contributed by atoms with E-state index in [2.05, 4.69) is 23.2 Å². The molecule has 0 radical (unpaired) electrons. The second-order valence-corrected chi connectivity index (χ2v) is 4.24. The number of nitrogens with zero attached hydrogens (tertiary/aromatic N) is 2.